The molecule has 1 rings (SSSR count). The molecule has 3 nitrogen and oxygen atoms in total. The molecule has 0 bridgehead atoms. The molecule has 1 unspecified atom stereocenters. The van der Waals surface area contributed by atoms with E-state index in [-0.39, 0.29) is 6.10 Å². The van der Waals surface area contributed by atoms with Crippen molar-refractivity contribution >= 4 is 5.71 Å². The number of nitrogens with one attached hydrogen (secondary N) is 2. The largest absolute Gasteiger partial charge is 0.371 e. The van der Waals surface area contributed by atoms with E-state index < -0.39 is 0 Å². The minimum atomic E-state index is 0.166. The van der Waals surface area contributed by atoms with E-state index in [1.54, 1.807) is 6.92 Å². The second-order valence-electron chi connectivity index (χ2n) is 3.13. The lowest BCUT2D eigenvalue weighted by molar-refractivity contribution is 0.0519. The molecular formula is C9H16N2O. The minimum Gasteiger partial charge on any atom is -0.371 e. The van der Waals surface area contributed by atoms with Crippen molar-refractivity contribution in [1.82, 2.24) is 5.32 Å². The van der Waals surface area contributed by atoms with E-state index in [1.807, 2.05) is 13.0 Å². The summed E-state index contributed by atoms with van der Waals surface area (Å²) in [6, 6.07) is 0. The van der Waals surface area contributed by atoms with Crippen molar-refractivity contribution in [2.24, 2.45) is 0 Å². The highest BCUT2D eigenvalue weighted by molar-refractivity contribution is 5.90. The van der Waals surface area contributed by atoms with Crippen LogP contribution >= 0.6 is 0 Å². The maximum Gasteiger partial charge on any atom is 0.0910 e. The molecule has 2 N–H and O–H groups in total. The fourth-order valence-corrected chi connectivity index (χ4v) is 1.29. The van der Waals surface area contributed by atoms with E-state index in [0.717, 1.165) is 25.3 Å². The number of hydrogen-bond donors (Lipinski definition) is 2. The summed E-state index contributed by atoms with van der Waals surface area (Å²) in [4.78, 5) is 0. The van der Waals surface area contributed by atoms with Gasteiger partial charge in [-0.3, -0.25) is 0 Å². The Hall–Kier alpha value is -0.670. The highest BCUT2D eigenvalue weighted by Gasteiger charge is 2.14. The summed E-state index contributed by atoms with van der Waals surface area (Å²) in [7, 11) is 0. The van der Waals surface area contributed by atoms with Gasteiger partial charge in [0.25, 0.3) is 0 Å². The molecule has 1 heterocycles. The van der Waals surface area contributed by atoms with Gasteiger partial charge in [0.1, 0.15) is 0 Å². The summed E-state index contributed by atoms with van der Waals surface area (Å²) in [6.07, 6.45) is 2.02. The molecular weight excluding hydrogens is 152 g/mol. The van der Waals surface area contributed by atoms with Crippen LogP contribution in [-0.2, 0) is 4.74 Å². The lowest BCUT2D eigenvalue weighted by atomic mass is 10.1. The SMILES string of the molecule is CC(=N)/C=C(\C)C1CNCCO1. The smallest absolute Gasteiger partial charge is 0.0910 e. The molecule has 68 valence electrons. The van der Waals surface area contributed by atoms with Crippen molar-refractivity contribution in [2.45, 2.75) is 20.0 Å². The first kappa shape index (κ1) is 9.42. The van der Waals surface area contributed by atoms with Crippen molar-refractivity contribution < 1.29 is 4.74 Å². The van der Waals surface area contributed by atoms with Crippen LogP contribution in [0.1, 0.15) is 13.8 Å². The van der Waals surface area contributed by atoms with Crippen LogP contribution in [0.15, 0.2) is 11.6 Å². The highest BCUT2D eigenvalue weighted by atomic mass is 16.5. The molecule has 1 atom stereocenters. The second kappa shape index (κ2) is 4.38. The maximum atomic E-state index is 7.29. The van der Waals surface area contributed by atoms with Gasteiger partial charge in [0.2, 0.25) is 0 Å². The Balaban J connectivity index is 2.49. The van der Waals surface area contributed by atoms with Gasteiger partial charge in [0.05, 0.1) is 12.7 Å². The molecule has 0 spiro atoms. The molecule has 3 heteroatoms. The normalized spacial score (nSPS) is 25.5. The van der Waals surface area contributed by atoms with Crippen LogP contribution in [-0.4, -0.2) is 31.5 Å². The third-order valence-corrected chi connectivity index (χ3v) is 1.88. The Morgan fingerprint density at radius 3 is 2.83 bits per heavy atom. The Labute approximate surface area is 73.3 Å². The van der Waals surface area contributed by atoms with Gasteiger partial charge >= 0.3 is 0 Å². The van der Waals surface area contributed by atoms with Crippen molar-refractivity contribution in [3.63, 3.8) is 0 Å². The van der Waals surface area contributed by atoms with Crippen LogP contribution in [0.4, 0.5) is 0 Å². The monoisotopic (exact) mass is 168 g/mol. The average Bonchev–Trinajstić information content (AvgIpc) is 2.05. The summed E-state index contributed by atoms with van der Waals surface area (Å²) in [5.74, 6) is 0. The van der Waals surface area contributed by atoms with Crippen molar-refractivity contribution in [3.05, 3.63) is 11.6 Å². The molecule has 1 saturated heterocycles. The Morgan fingerprint density at radius 2 is 2.33 bits per heavy atom. The summed E-state index contributed by atoms with van der Waals surface area (Å²) >= 11 is 0. The molecule has 1 aliphatic rings. The molecule has 0 radical (unpaired) electrons. The average molecular weight is 168 g/mol. The standard InChI is InChI=1S/C9H16N2O/c1-7(5-8(2)10)9-6-11-3-4-12-9/h5,9-11H,3-4,6H2,1-2H3/b7-5+,10-8?. The first-order valence-corrected chi connectivity index (χ1v) is 4.26. The number of rotatable bonds is 2. The van der Waals surface area contributed by atoms with Gasteiger partial charge in [-0.25, -0.2) is 0 Å². The zero-order chi connectivity index (χ0) is 8.97. The van der Waals surface area contributed by atoms with E-state index in [0.29, 0.717) is 5.71 Å². The molecule has 1 aliphatic heterocycles. The van der Waals surface area contributed by atoms with Gasteiger partial charge in [-0.05, 0) is 25.5 Å². The maximum absolute atomic E-state index is 7.29. The zero-order valence-corrected chi connectivity index (χ0v) is 7.68. The van der Waals surface area contributed by atoms with E-state index >= 15 is 0 Å². The number of morpholine rings is 1. The fourth-order valence-electron chi connectivity index (χ4n) is 1.29. The van der Waals surface area contributed by atoms with Gasteiger partial charge in [-0.1, -0.05) is 0 Å². The third kappa shape index (κ3) is 2.75. The quantitative estimate of drug-likeness (QED) is 0.603. The van der Waals surface area contributed by atoms with E-state index in [4.69, 9.17) is 10.1 Å². The van der Waals surface area contributed by atoms with Crippen LogP contribution in [0.5, 0.6) is 0 Å². The third-order valence-electron chi connectivity index (χ3n) is 1.88. The van der Waals surface area contributed by atoms with Gasteiger partial charge < -0.3 is 15.5 Å². The van der Waals surface area contributed by atoms with Crippen molar-refractivity contribution in [2.75, 3.05) is 19.7 Å². The second-order valence-corrected chi connectivity index (χ2v) is 3.13. The van der Waals surface area contributed by atoms with Crippen molar-refractivity contribution in [3.8, 4) is 0 Å². The Kier molecular flexibility index (Phi) is 3.44. The van der Waals surface area contributed by atoms with Gasteiger partial charge in [0, 0.05) is 18.8 Å². The minimum absolute atomic E-state index is 0.166. The summed E-state index contributed by atoms with van der Waals surface area (Å²) < 4.78 is 5.51. The fraction of sp³-hybridized carbons (Fsp3) is 0.667. The topological polar surface area (TPSA) is 45.1 Å². The van der Waals surface area contributed by atoms with Crippen molar-refractivity contribution in [1.29, 1.82) is 5.41 Å². The Morgan fingerprint density at radius 1 is 1.58 bits per heavy atom. The van der Waals surface area contributed by atoms with Gasteiger partial charge in [0.15, 0.2) is 0 Å². The van der Waals surface area contributed by atoms with Gasteiger partial charge in [-0.2, -0.15) is 0 Å². The van der Waals surface area contributed by atoms with E-state index in [1.165, 1.54) is 0 Å². The Bertz CT molecular complexity index is 193. The van der Waals surface area contributed by atoms with Crippen LogP contribution < -0.4 is 5.32 Å². The van der Waals surface area contributed by atoms with Crippen LogP contribution in [0.25, 0.3) is 0 Å². The van der Waals surface area contributed by atoms with Gasteiger partial charge in [-0.15, -0.1) is 0 Å². The highest BCUT2D eigenvalue weighted by Crippen LogP contribution is 2.07. The predicted octanol–water partition coefficient (Wildman–Crippen LogP) is 0.961. The number of allylic oxidation sites excluding steroid dienone is 1. The molecule has 12 heavy (non-hydrogen) atoms. The zero-order valence-electron chi connectivity index (χ0n) is 7.68. The lowest BCUT2D eigenvalue weighted by Gasteiger charge is -2.24. The summed E-state index contributed by atoms with van der Waals surface area (Å²) in [5, 5.41) is 10.5. The number of hydrogen-bond acceptors (Lipinski definition) is 3. The molecule has 0 saturated carbocycles. The first-order chi connectivity index (χ1) is 5.70. The van der Waals surface area contributed by atoms with Crippen LogP contribution in [0.2, 0.25) is 0 Å². The first-order valence-electron chi connectivity index (χ1n) is 4.26. The summed E-state index contributed by atoms with van der Waals surface area (Å²) in [6.45, 7) is 6.37. The molecule has 0 aliphatic carbocycles. The number of ether oxygens (including phenoxy) is 1. The van der Waals surface area contributed by atoms with Crippen LogP contribution in [0, 0.1) is 5.41 Å². The molecule has 0 aromatic heterocycles. The molecule has 0 aromatic rings. The summed E-state index contributed by atoms with van der Waals surface area (Å²) in [5.41, 5.74) is 1.72. The molecule has 1 fully saturated rings. The molecule has 0 amide bonds. The van der Waals surface area contributed by atoms with E-state index in [9.17, 15) is 0 Å². The van der Waals surface area contributed by atoms with Crippen LogP contribution in [0.3, 0.4) is 0 Å². The molecule has 0 aromatic carbocycles. The predicted molar refractivity (Wildman–Crippen MR) is 49.8 cm³/mol. The van der Waals surface area contributed by atoms with E-state index in [2.05, 4.69) is 5.32 Å². The lowest BCUT2D eigenvalue weighted by Crippen LogP contribution is -2.39.